The number of nitrogens with zero attached hydrogens (tertiary/aromatic N) is 2. The van der Waals surface area contributed by atoms with Crippen molar-refractivity contribution in [1.82, 2.24) is 9.80 Å². The molecule has 5 heteroatoms. The van der Waals surface area contributed by atoms with Gasteiger partial charge in [-0.25, -0.2) is 4.79 Å². The molecule has 0 radical (unpaired) electrons. The SMILES string of the molecule is CCOC(=O)Nc1ccc(C2N(C)CCN2C)cc1. The van der Waals surface area contributed by atoms with E-state index in [1.165, 1.54) is 5.56 Å². The fourth-order valence-electron chi connectivity index (χ4n) is 2.43. The second kappa shape index (κ2) is 6.04. The van der Waals surface area contributed by atoms with Crippen molar-refractivity contribution >= 4 is 11.8 Å². The van der Waals surface area contributed by atoms with Gasteiger partial charge in [-0.05, 0) is 38.7 Å². The number of benzene rings is 1. The number of anilines is 1. The van der Waals surface area contributed by atoms with Gasteiger partial charge < -0.3 is 4.74 Å². The van der Waals surface area contributed by atoms with Crippen LogP contribution in [0.15, 0.2) is 24.3 Å². The lowest BCUT2D eigenvalue weighted by Gasteiger charge is -2.25. The number of nitrogens with one attached hydrogen (secondary N) is 1. The third-order valence-corrected chi connectivity index (χ3v) is 3.37. The second-order valence-corrected chi connectivity index (χ2v) is 4.80. The molecule has 0 unspecified atom stereocenters. The molecule has 1 aromatic carbocycles. The van der Waals surface area contributed by atoms with Crippen molar-refractivity contribution in [2.75, 3.05) is 39.1 Å². The average Bonchev–Trinajstić information content (AvgIpc) is 2.71. The highest BCUT2D eigenvalue weighted by Gasteiger charge is 2.27. The van der Waals surface area contributed by atoms with Crippen molar-refractivity contribution in [2.45, 2.75) is 13.1 Å². The Balaban J connectivity index is 2.04. The smallest absolute Gasteiger partial charge is 0.411 e. The minimum absolute atomic E-state index is 0.316. The molecule has 1 heterocycles. The summed E-state index contributed by atoms with van der Waals surface area (Å²) in [5.41, 5.74) is 1.99. The summed E-state index contributed by atoms with van der Waals surface area (Å²) in [4.78, 5) is 15.9. The summed E-state index contributed by atoms with van der Waals surface area (Å²) in [7, 11) is 4.25. The predicted octanol–water partition coefficient (Wildman–Crippen LogP) is 2.13. The second-order valence-electron chi connectivity index (χ2n) is 4.80. The molecule has 1 aliphatic heterocycles. The minimum atomic E-state index is -0.412. The summed E-state index contributed by atoms with van der Waals surface area (Å²) < 4.78 is 4.84. The fourth-order valence-corrected chi connectivity index (χ4v) is 2.43. The molecule has 104 valence electrons. The Kier molecular flexibility index (Phi) is 4.39. The summed E-state index contributed by atoms with van der Waals surface area (Å²) in [5, 5.41) is 2.69. The van der Waals surface area contributed by atoms with Crippen LogP contribution in [0.25, 0.3) is 0 Å². The number of carbonyl (C=O) groups is 1. The Morgan fingerprint density at radius 2 is 1.84 bits per heavy atom. The monoisotopic (exact) mass is 263 g/mol. The highest BCUT2D eigenvalue weighted by Crippen LogP contribution is 2.27. The predicted molar refractivity (Wildman–Crippen MR) is 75.1 cm³/mol. The van der Waals surface area contributed by atoms with Gasteiger partial charge >= 0.3 is 6.09 Å². The third-order valence-electron chi connectivity index (χ3n) is 3.37. The average molecular weight is 263 g/mol. The number of amides is 1. The molecule has 0 saturated carbocycles. The van der Waals surface area contributed by atoms with Crippen LogP contribution in [0.2, 0.25) is 0 Å². The molecule has 1 saturated heterocycles. The lowest BCUT2D eigenvalue weighted by atomic mass is 10.1. The number of carbonyl (C=O) groups excluding carboxylic acids is 1. The van der Waals surface area contributed by atoms with E-state index < -0.39 is 6.09 Å². The minimum Gasteiger partial charge on any atom is -0.450 e. The molecule has 2 rings (SSSR count). The van der Waals surface area contributed by atoms with Crippen molar-refractivity contribution in [2.24, 2.45) is 0 Å². The van der Waals surface area contributed by atoms with E-state index in [-0.39, 0.29) is 0 Å². The summed E-state index contributed by atoms with van der Waals surface area (Å²) in [5.74, 6) is 0. The van der Waals surface area contributed by atoms with Crippen LogP contribution in [0, 0.1) is 0 Å². The quantitative estimate of drug-likeness (QED) is 0.907. The standard InChI is InChI=1S/C14H21N3O2/c1-4-19-14(18)15-12-7-5-11(6-8-12)13-16(2)9-10-17(13)3/h5-8,13H,4,9-10H2,1-3H3,(H,15,18). The van der Waals surface area contributed by atoms with Crippen LogP contribution >= 0.6 is 0 Å². The van der Waals surface area contributed by atoms with Crippen molar-refractivity contribution in [1.29, 1.82) is 0 Å². The van der Waals surface area contributed by atoms with E-state index in [1.807, 2.05) is 24.3 Å². The molecule has 1 aliphatic rings. The molecule has 0 aromatic heterocycles. The van der Waals surface area contributed by atoms with E-state index in [0.717, 1.165) is 18.8 Å². The maximum Gasteiger partial charge on any atom is 0.411 e. The van der Waals surface area contributed by atoms with E-state index >= 15 is 0 Å². The van der Waals surface area contributed by atoms with Gasteiger partial charge in [0.1, 0.15) is 0 Å². The normalized spacial score (nSPS) is 17.6. The summed E-state index contributed by atoms with van der Waals surface area (Å²) >= 11 is 0. The molecular formula is C14H21N3O2. The maximum atomic E-state index is 11.3. The van der Waals surface area contributed by atoms with Crippen molar-refractivity contribution in [3.05, 3.63) is 29.8 Å². The van der Waals surface area contributed by atoms with Crippen LogP contribution in [-0.4, -0.2) is 49.7 Å². The van der Waals surface area contributed by atoms with Gasteiger partial charge in [0, 0.05) is 18.8 Å². The van der Waals surface area contributed by atoms with E-state index in [9.17, 15) is 4.79 Å². The molecule has 1 N–H and O–H groups in total. The first kappa shape index (κ1) is 13.8. The Labute approximate surface area is 114 Å². The van der Waals surface area contributed by atoms with E-state index in [1.54, 1.807) is 6.92 Å². The van der Waals surface area contributed by atoms with Gasteiger partial charge in [-0.15, -0.1) is 0 Å². The van der Waals surface area contributed by atoms with Gasteiger partial charge in [0.15, 0.2) is 0 Å². The van der Waals surface area contributed by atoms with Crippen LogP contribution in [0.1, 0.15) is 18.7 Å². The van der Waals surface area contributed by atoms with Gasteiger partial charge in [0.25, 0.3) is 0 Å². The van der Waals surface area contributed by atoms with E-state index in [0.29, 0.717) is 12.8 Å². The van der Waals surface area contributed by atoms with Crippen LogP contribution in [0.4, 0.5) is 10.5 Å². The molecule has 0 bridgehead atoms. The lowest BCUT2D eigenvalue weighted by molar-refractivity contribution is 0.168. The lowest BCUT2D eigenvalue weighted by Crippen LogP contribution is -2.25. The molecule has 1 fully saturated rings. The molecule has 0 spiro atoms. The van der Waals surface area contributed by atoms with Crippen molar-refractivity contribution in [3.8, 4) is 0 Å². The Morgan fingerprint density at radius 1 is 1.26 bits per heavy atom. The number of likely N-dealkylation sites (N-methyl/N-ethyl adjacent to an activating group) is 2. The van der Waals surface area contributed by atoms with Crippen LogP contribution in [0.3, 0.4) is 0 Å². The zero-order valence-electron chi connectivity index (χ0n) is 11.7. The van der Waals surface area contributed by atoms with E-state index in [4.69, 9.17) is 4.74 Å². The number of hydrogen-bond acceptors (Lipinski definition) is 4. The molecule has 1 amide bonds. The topological polar surface area (TPSA) is 44.8 Å². The van der Waals surface area contributed by atoms with Gasteiger partial charge in [-0.2, -0.15) is 0 Å². The molecule has 0 atom stereocenters. The number of ether oxygens (including phenoxy) is 1. The summed E-state index contributed by atoms with van der Waals surface area (Å²) in [6, 6.07) is 7.91. The zero-order chi connectivity index (χ0) is 13.8. The fraction of sp³-hybridized carbons (Fsp3) is 0.500. The van der Waals surface area contributed by atoms with Gasteiger partial charge in [-0.3, -0.25) is 15.1 Å². The largest absolute Gasteiger partial charge is 0.450 e. The van der Waals surface area contributed by atoms with Crippen LogP contribution in [0.5, 0.6) is 0 Å². The Hall–Kier alpha value is -1.59. The maximum absolute atomic E-state index is 11.3. The first-order valence-corrected chi connectivity index (χ1v) is 6.56. The van der Waals surface area contributed by atoms with Gasteiger partial charge in [-0.1, -0.05) is 12.1 Å². The van der Waals surface area contributed by atoms with Gasteiger partial charge in [0.05, 0.1) is 12.8 Å². The molecular weight excluding hydrogens is 242 g/mol. The number of hydrogen-bond donors (Lipinski definition) is 1. The van der Waals surface area contributed by atoms with E-state index in [2.05, 4.69) is 29.2 Å². The molecule has 19 heavy (non-hydrogen) atoms. The van der Waals surface area contributed by atoms with Crippen LogP contribution < -0.4 is 5.32 Å². The molecule has 5 nitrogen and oxygen atoms in total. The zero-order valence-corrected chi connectivity index (χ0v) is 11.7. The Morgan fingerprint density at radius 3 is 2.37 bits per heavy atom. The number of rotatable bonds is 3. The van der Waals surface area contributed by atoms with Crippen molar-refractivity contribution in [3.63, 3.8) is 0 Å². The van der Waals surface area contributed by atoms with Gasteiger partial charge in [0.2, 0.25) is 0 Å². The highest BCUT2D eigenvalue weighted by atomic mass is 16.5. The molecule has 0 aliphatic carbocycles. The van der Waals surface area contributed by atoms with Crippen LogP contribution in [-0.2, 0) is 4.74 Å². The summed E-state index contributed by atoms with van der Waals surface area (Å²) in [6.07, 6.45) is -0.0954. The molecule has 1 aromatic rings. The van der Waals surface area contributed by atoms with Crippen molar-refractivity contribution < 1.29 is 9.53 Å². The summed E-state index contributed by atoms with van der Waals surface area (Å²) in [6.45, 7) is 4.31. The third kappa shape index (κ3) is 3.24. The highest BCUT2D eigenvalue weighted by molar-refractivity contribution is 5.84. The first-order valence-electron chi connectivity index (χ1n) is 6.56. The Bertz CT molecular complexity index is 423. The first-order chi connectivity index (χ1) is 9.11.